The normalized spacial score (nSPS) is 20.7. The summed E-state index contributed by atoms with van der Waals surface area (Å²) in [6.07, 6.45) is 3.84. The van der Waals surface area contributed by atoms with Gasteiger partial charge in [-0.15, -0.1) is 11.3 Å². The number of hydrogen-bond acceptors (Lipinski definition) is 5. The van der Waals surface area contributed by atoms with Gasteiger partial charge in [-0.3, -0.25) is 4.79 Å². The molecule has 0 bridgehead atoms. The van der Waals surface area contributed by atoms with Crippen LogP contribution in [0.4, 0.5) is 11.4 Å². The molecule has 156 valence electrons. The summed E-state index contributed by atoms with van der Waals surface area (Å²) in [6, 6.07) is 9.38. The maximum absolute atomic E-state index is 12.8. The summed E-state index contributed by atoms with van der Waals surface area (Å²) in [5.41, 5.74) is 3.15. The van der Waals surface area contributed by atoms with E-state index in [2.05, 4.69) is 23.2 Å². The van der Waals surface area contributed by atoms with Crippen molar-refractivity contribution in [1.82, 2.24) is 4.31 Å². The maximum atomic E-state index is 12.8. The van der Waals surface area contributed by atoms with Crippen molar-refractivity contribution in [1.29, 1.82) is 0 Å². The van der Waals surface area contributed by atoms with Crippen molar-refractivity contribution >= 4 is 38.6 Å². The molecule has 1 atom stereocenters. The summed E-state index contributed by atoms with van der Waals surface area (Å²) in [4.78, 5) is 15.2. The highest BCUT2D eigenvalue weighted by Crippen LogP contribution is 2.29. The Balaban J connectivity index is 1.42. The van der Waals surface area contributed by atoms with Gasteiger partial charge in [0.15, 0.2) is 0 Å². The van der Waals surface area contributed by atoms with Gasteiger partial charge in [-0.1, -0.05) is 6.07 Å². The molecule has 3 heterocycles. The van der Waals surface area contributed by atoms with Crippen molar-refractivity contribution in [3.8, 4) is 0 Å². The van der Waals surface area contributed by atoms with E-state index < -0.39 is 10.0 Å². The molecule has 6 nitrogen and oxygen atoms in total. The van der Waals surface area contributed by atoms with E-state index in [-0.39, 0.29) is 18.4 Å². The maximum Gasteiger partial charge on any atom is 0.252 e. The Bertz CT molecular complexity index is 967. The molecule has 2 fully saturated rings. The molecule has 4 rings (SSSR count). The predicted molar refractivity (Wildman–Crippen MR) is 117 cm³/mol. The molecule has 0 spiro atoms. The smallest absolute Gasteiger partial charge is 0.252 e. The number of thiophene rings is 1. The van der Waals surface area contributed by atoms with Gasteiger partial charge in [0.25, 0.3) is 10.0 Å². The van der Waals surface area contributed by atoms with Crippen molar-refractivity contribution in [2.45, 2.75) is 36.8 Å². The SMILES string of the molecule is Cc1cc(NC(=O)[C@@H]2CCCN(S(=O)(=O)c3cccs3)C2)ccc1N1CCCC1. The first-order valence-electron chi connectivity index (χ1n) is 10.2. The summed E-state index contributed by atoms with van der Waals surface area (Å²) >= 11 is 1.21. The van der Waals surface area contributed by atoms with Crippen LogP contribution in [0.25, 0.3) is 0 Å². The Morgan fingerprint density at radius 3 is 2.62 bits per heavy atom. The van der Waals surface area contributed by atoms with Crippen LogP contribution >= 0.6 is 11.3 Å². The zero-order valence-electron chi connectivity index (χ0n) is 16.6. The van der Waals surface area contributed by atoms with Gasteiger partial charge in [0, 0.05) is 37.6 Å². The lowest BCUT2D eigenvalue weighted by atomic mass is 9.98. The largest absolute Gasteiger partial charge is 0.371 e. The summed E-state index contributed by atoms with van der Waals surface area (Å²) in [6.45, 7) is 4.94. The van der Waals surface area contributed by atoms with E-state index in [1.165, 1.54) is 34.2 Å². The molecule has 1 amide bonds. The lowest BCUT2D eigenvalue weighted by Gasteiger charge is -2.30. The van der Waals surface area contributed by atoms with Crippen molar-refractivity contribution < 1.29 is 13.2 Å². The van der Waals surface area contributed by atoms with Crippen LogP contribution in [0.1, 0.15) is 31.2 Å². The second-order valence-electron chi connectivity index (χ2n) is 7.82. The number of anilines is 2. The van der Waals surface area contributed by atoms with Crippen LogP contribution in [0, 0.1) is 12.8 Å². The number of carbonyl (C=O) groups is 1. The summed E-state index contributed by atoms with van der Waals surface area (Å²) in [5.74, 6) is -0.443. The lowest BCUT2D eigenvalue weighted by molar-refractivity contribution is -0.120. The minimum atomic E-state index is -3.51. The molecule has 1 aromatic carbocycles. The molecule has 29 heavy (non-hydrogen) atoms. The lowest BCUT2D eigenvalue weighted by Crippen LogP contribution is -2.43. The van der Waals surface area contributed by atoms with E-state index in [1.54, 1.807) is 17.5 Å². The van der Waals surface area contributed by atoms with Gasteiger partial charge in [-0.05, 0) is 67.8 Å². The average Bonchev–Trinajstić information content (AvgIpc) is 3.42. The third-order valence-electron chi connectivity index (χ3n) is 5.76. The summed E-state index contributed by atoms with van der Waals surface area (Å²) < 4.78 is 27.4. The van der Waals surface area contributed by atoms with Crippen LogP contribution < -0.4 is 10.2 Å². The van der Waals surface area contributed by atoms with Crippen LogP contribution in [0.5, 0.6) is 0 Å². The van der Waals surface area contributed by atoms with Crippen molar-refractivity contribution in [2.24, 2.45) is 5.92 Å². The highest BCUT2D eigenvalue weighted by Gasteiger charge is 2.33. The highest BCUT2D eigenvalue weighted by molar-refractivity contribution is 7.91. The van der Waals surface area contributed by atoms with E-state index in [4.69, 9.17) is 0 Å². The number of hydrogen-bond donors (Lipinski definition) is 1. The minimum absolute atomic E-state index is 0.107. The number of nitrogens with zero attached hydrogens (tertiary/aromatic N) is 2. The van der Waals surface area contributed by atoms with Gasteiger partial charge in [-0.25, -0.2) is 8.42 Å². The molecule has 2 aliphatic heterocycles. The number of amides is 1. The fourth-order valence-corrected chi connectivity index (χ4v) is 6.87. The second-order valence-corrected chi connectivity index (χ2v) is 10.9. The fraction of sp³-hybridized carbons (Fsp3) is 0.476. The molecule has 0 saturated carbocycles. The van der Waals surface area contributed by atoms with Crippen LogP contribution in [-0.4, -0.2) is 44.8 Å². The van der Waals surface area contributed by atoms with Crippen LogP contribution in [0.15, 0.2) is 39.9 Å². The first-order valence-corrected chi connectivity index (χ1v) is 12.5. The third-order valence-corrected chi connectivity index (χ3v) is 8.99. The summed E-state index contributed by atoms with van der Waals surface area (Å²) in [7, 11) is -3.51. The Morgan fingerprint density at radius 1 is 1.14 bits per heavy atom. The predicted octanol–water partition coefficient (Wildman–Crippen LogP) is 3.70. The molecular weight excluding hydrogens is 406 g/mol. The number of rotatable bonds is 5. The Labute approximate surface area is 176 Å². The van der Waals surface area contributed by atoms with E-state index in [9.17, 15) is 13.2 Å². The fourth-order valence-electron chi connectivity index (χ4n) is 4.20. The molecule has 0 unspecified atom stereocenters. The molecule has 0 radical (unpaired) electrons. The van der Waals surface area contributed by atoms with Crippen molar-refractivity contribution in [3.05, 3.63) is 41.3 Å². The Kier molecular flexibility index (Phi) is 5.94. The molecule has 1 N–H and O–H groups in total. The zero-order chi connectivity index (χ0) is 20.4. The molecule has 1 aromatic heterocycles. The van der Waals surface area contributed by atoms with Gasteiger partial charge in [0.1, 0.15) is 4.21 Å². The molecule has 2 aromatic rings. The molecule has 2 aliphatic rings. The highest BCUT2D eigenvalue weighted by atomic mass is 32.2. The number of nitrogens with one attached hydrogen (secondary N) is 1. The van der Waals surface area contributed by atoms with Crippen LogP contribution in [0.2, 0.25) is 0 Å². The Hall–Kier alpha value is -1.90. The number of aryl methyl sites for hydroxylation is 1. The van der Waals surface area contributed by atoms with Crippen LogP contribution in [0.3, 0.4) is 0 Å². The minimum Gasteiger partial charge on any atom is -0.371 e. The van der Waals surface area contributed by atoms with Gasteiger partial charge < -0.3 is 10.2 Å². The molecule has 2 saturated heterocycles. The van der Waals surface area contributed by atoms with E-state index in [0.717, 1.165) is 24.3 Å². The monoisotopic (exact) mass is 433 g/mol. The van der Waals surface area contributed by atoms with Crippen LogP contribution in [-0.2, 0) is 14.8 Å². The van der Waals surface area contributed by atoms with Gasteiger partial charge in [0.05, 0.1) is 5.92 Å². The first kappa shape index (κ1) is 20.4. The van der Waals surface area contributed by atoms with E-state index in [1.807, 2.05) is 12.1 Å². The number of benzene rings is 1. The average molecular weight is 434 g/mol. The molecule has 0 aliphatic carbocycles. The molecular formula is C21H27N3O3S2. The quantitative estimate of drug-likeness (QED) is 0.781. The molecule has 8 heteroatoms. The zero-order valence-corrected chi connectivity index (χ0v) is 18.3. The van der Waals surface area contributed by atoms with Crippen molar-refractivity contribution in [3.63, 3.8) is 0 Å². The first-order chi connectivity index (χ1) is 13.9. The second kappa shape index (κ2) is 8.45. The number of sulfonamides is 1. The van der Waals surface area contributed by atoms with E-state index >= 15 is 0 Å². The summed E-state index contributed by atoms with van der Waals surface area (Å²) in [5, 5.41) is 4.76. The van der Waals surface area contributed by atoms with Crippen molar-refractivity contribution in [2.75, 3.05) is 36.4 Å². The topological polar surface area (TPSA) is 69.7 Å². The van der Waals surface area contributed by atoms with Gasteiger partial charge >= 0.3 is 0 Å². The van der Waals surface area contributed by atoms with E-state index in [0.29, 0.717) is 23.6 Å². The third kappa shape index (κ3) is 4.34. The standard InChI is InChI=1S/C21H27N3O3S2/c1-16-14-18(8-9-19(16)23-10-2-3-11-23)22-21(25)17-6-4-12-24(15-17)29(26,27)20-7-5-13-28-20/h5,7-9,13-14,17H,2-4,6,10-12,15H2,1H3,(H,22,25)/t17-/m1/s1. The number of carbonyl (C=O) groups excluding carboxylic acids is 1. The Morgan fingerprint density at radius 2 is 1.93 bits per heavy atom. The number of piperidine rings is 1. The van der Waals surface area contributed by atoms with Gasteiger partial charge in [-0.2, -0.15) is 4.31 Å². The van der Waals surface area contributed by atoms with Gasteiger partial charge in [0.2, 0.25) is 5.91 Å².